The molecule has 14 heavy (non-hydrogen) atoms. The Bertz CT molecular complexity index is 470. The molecule has 72 valence electrons. The zero-order valence-corrected chi connectivity index (χ0v) is 9.34. The van der Waals surface area contributed by atoms with Crippen LogP contribution in [0.4, 0.5) is 6.01 Å². The normalized spacial score (nSPS) is 10.4. The van der Waals surface area contributed by atoms with Gasteiger partial charge in [0.1, 0.15) is 0 Å². The van der Waals surface area contributed by atoms with E-state index in [1.54, 1.807) is 18.3 Å². The van der Waals surface area contributed by atoms with Gasteiger partial charge >= 0.3 is 0 Å². The van der Waals surface area contributed by atoms with Gasteiger partial charge in [0.05, 0.1) is 6.20 Å². The molecule has 1 heterocycles. The van der Waals surface area contributed by atoms with Gasteiger partial charge in [-0.2, -0.15) is 0 Å². The molecule has 0 aliphatic heterocycles. The molecule has 2 aromatic rings. The summed E-state index contributed by atoms with van der Waals surface area (Å²) in [6, 6.07) is 5.56. The third-order valence-corrected chi connectivity index (χ3v) is 2.61. The molecule has 1 aromatic heterocycles. The number of nitrogens with two attached hydrogens (primary N) is 1. The van der Waals surface area contributed by atoms with Crippen LogP contribution in [0.2, 0.25) is 5.02 Å². The average Bonchev–Trinajstić information content (AvgIpc) is 2.51. The standard InChI is InChI=1S/C9H6BrClN2O/c10-7-3-5(11)1-2-6(7)8-4-13-9(12)14-8/h1-4H,(H2,12,13). The van der Waals surface area contributed by atoms with Crippen molar-refractivity contribution in [2.24, 2.45) is 0 Å². The Balaban J connectivity index is 2.52. The molecule has 2 N–H and O–H groups in total. The first-order valence-electron chi connectivity index (χ1n) is 3.83. The molecule has 3 nitrogen and oxygen atoms in total. The molecule has 1 aromatic carbocycles. The number of anilines is 1. The first-order valence-corrected chi connectivity index (χ1v) is 5.00. The van der Waals surface area contributed by atoms with Crippen LogP contribution in [0.5, 0.6) is 0 Å². The quantitative estimate of drug-likeness (QED) is 0.867. The summed E-state index contributed by atoms with van der Waals surface area (Å²) < 4.78 is 6.03. The van der Waals surface area contributed by atoms with E-state index in [-0.39, 0.29) is 6.01 Å². The third-order valence-electron chi connectivity index (χ3n) is 1.72. The number of nitrogens with zero attached hydrogens (tertiary/aromatic N) is 1. The predicted molar refractivity (Wildman–Crippen MR) is 59.1 cm³/mol. The SMILES string of the molecule is Nc1ncc(-c2ccc(Cl)cc2Br)o1. The lowest BCUT2D eigenvalue weighted by Crippen LogP contribution is -1.80. The van der Waals surface area contributed by atoms with Crippen molar-refractivity contribution in [1.29, 1.82) is 0 Å². The lowest BCUT2D eigenvalue weighted by Gasteiger charge is -1.99. The zero-order chi connectivity index (χ0) is 10.1. The summed E-state index contributed by atoms with van der Waals surface area (Å²) in [5.74, 6) is 0.617. The highest BCUT2D eigenvalue weighted by Crippen LogP contribution is 2.31. The van der Waals surface area contributed by atoms with E-state index in [0.717, 1.165) is 10.0 Å². The number of benzene rings is 1. The monoisotopic (exact) mass is 272 g/mol. The second-order valence-electron chi connectivity index (χ2n) is 2.69. The zero-order valence-electron chi connectivity index (χ0n) is 7.00. The lowest BCUT2D eigenvalue weighted by molar-refractivity contribution is 0.594. The minimum Gasteiger partial charge on any atom is -0.424 e. The molecular formula is C9H6BrClN2O. The van der Waals surface area contributed by atoms with E-state index in [4.69, 9.17) is 21.8 Å². The summed E-state index contributed by atoms with van der Waals surface area (Å²) >= 11 is 9.19. The second-order valence-corrected chi connectivity index (χ2v) is 3.98. The molecule has 0 aliphatic rings. The van der Waals surface area contributed by atoms with Crippen LogP contribution in [0, 0.1) is 0 Å². The Kier molecular flexibility index (Phi) is 2.48. The Morgan fingerprint density at radius 2 is 2.21 bits per heavy atom. The molecule has 0 bridgehead atoms. The van der Waals surface area contributed by atoms with Gasteiger partial charge in [0.2, 0.25) is 0 Å². The van der Waals surface area contributed by atoms with Gasteiger partial charge in [-0.3, -0.25) is 0 Å². The highest BCUT2D eigenvalue weighted by atomic mass is 79.9. The number of halogens is 2. The smallest absolute Gasteiger partial charge is 0.292 e. The average molecular weight is 274 g/mol. The Labute approximate surface area is 94.0 Å². The molecule has 0 unspecified atom stereocenters. The fraction of sp³-hybridized carbons (Fsp3) is 0. The lowest BCUT2D eigenvalue weighted by atomic mass is 10.2. The molecule has 0 saturated heterocycles. The third kappa shape index (κ3) is 1.76. The summed E-state index contributed by atoms with van der Waals surface area (Å²) in [4.78, 5) is 3.81. The predicted octanol–water partition coefficient (Wildman–Crippen LogP) is 3.34. The van der Waals surface area contributed by atoms with E-state index >= 15 is 0 Å². The van der Waals surface area contributed by atoms with E-state index in [9.17, 15) is 0 Å². The van der Waals surface area contributed by atoms with Gasteiger partial charge in [-0.05, 0) is 34.1 Å². The van der Waals surface area contributed by atoms with Crippen LogP contribution < -0.4 is 5.73 Å². The van der Waals surface area contributed by atoms with Crippen LogP contribution in [0.15, 0.2) is 33.3 Å². The van der Waals surface area contributed by atoms with Crippen LogP contribution in [0.1, 0.15) is 0 Å². The van der Waals surface area contributed by atoms with Crippen molar-refractivity contribution < 1.29 is 4.42 Å². The first kappa shape index (κ1) is 9.55. The Morgan fingerprint density at radius 3 is 2.79 bits per heavy atom. The van der Waals surface area contributed by atoms with Gasteiger partial charge in [0.15, 0.2) is 5.76 Å². The van der Waals surface area contributed by atoms with E-state index in [1.807, 2.05) is 6.07 Å². The summed E-state index contributed by atoms with van der Waals surface area (Å²) in [5, 5.41) is 0.660. The summed E-state index contributed by atoms with van der Waals surface area (Å²) in [6.07, 6.45) is 1.57. The van der Waals surface area contributed by atoms with E-state index in [1.165, 1.54) is 0 Å². The maximum Gasteiger partial charge on any atom is 0.292 e. The molecule has 0 atom stereocenters. The second kappa shape index (κ2) is 3.63. The number of hydrogen-bond acceptors (Lipinski definition) is 3. The van der Waals surface area contributed by atoms with Gasteiger partial charge in [-0.1, -0.05) is 11.6 Å². The minimum atomic E-state index is 0.154. The van der Waals surface area contributed by atoms with Gasteiger partial charge in [-0.15, -0.1) is 0 Å². The van der Waals surface area contributed by atoms with Crippen LogP contribution in [0.25, 0.3) is 11.3 Å². The van der Waals surface area contributed by atoms with E-state index in [2.05, 4.69) is 20.9 Å². The molecule has 0 amide bonds. The van der Waals surface area contributed by atoms with Gasteiger partial charge in [0, 0.05) is 15.1 Å². The maximum absolute atomic E-state index is 5.81. The largest absolute Gasteiger partial charge is 0.424 e. The number of nitrogen functional groups attached to an aromatic ring is 1. The Hall–Kier alpha value is -1.000. The maximum atomic E-state index is 5.81. The molecule has 0 spiro atoms. The highest BCUT2D eigenvalue weighted by Gasteiger charge is 2.08. The van der Waals surface area contributed by atoms with Crippen molar-refractivity contribution in [3.63, 3.8) is 0 Å². The molecule has 0 saturated carbocycles. The van der Waals surface area contributed by atoms with Crippen molar-refractivity contribution in [1.82, 2.24) is 4.98 Å². The van der Waals surface area contributed by atoms with Gasteiger partial charge < -0.3 is 10.2 Å². The fourth-order valence-electron chi connectivity index (χ4n) is 1.10. The molecule has 0 aliphatic carbocycles. The van der Waals surface area contributed by atoms with Crippen LogP contribution in [-0.2, 0) is 0 Å². The van der Waals surface area contributed by atoms with Crippen molar-refractivity contribution in [3.05, 3.63) is 33.9 Å². The topological polar surface area (TPSA) is 52.0 Å². The van der Waals surface area contributed by atoms with Crippen molar-refractivity contribution in [2.45, 2.75) is 0 Å². The van der Waals surface area contributed by atoms with Crippen molar-refractivity contribution in [3.8, 4) is 11.3 Å². The fourth-order valence-corrected chi connectivity index (χ4v) is 1.98. The molecular weight excluding hydrogens is 267 g/mol. The number of hydrogen-bond donors (Lipinski definition) is 1. The van der Waals surface area contributed by atoms with Crippen LogP contribution in [-0.4, -0.2) is 4.98 Å². The highest BCUT2D eigenvalue weighted by molar-refractivity contribution is 9.10. The van der Waals surface area contributed by atoms with Crippen molar-refractivity contribution >= 4 is 33.5 Å². The van der Waals surface area contributed by atoms with E-state index in [0.29, 0.717) is 10.8 Å². The van der Waals surface area contributed by atoms with Gasteiger partial charge in [0.25, 0.3) is 6.01 Å². The first-order chi connectivity index (χ1) is 6.66. The van der Waals surface area contributed by atoms with Crippen LogP contribution >= 0.6 is 27.5 Å². The minimum absolute atomic E-state index is 0.154. The van der Waals surface area contributed by atoms with Crippen molar-refractivity contribution in [2.75, 3.05) is 5.73 Å². The molecule has 2 rings (SSSR count). The summed E-state index contributed by atoms with van der Waals surface area (Å²) in [6.45, 7) is 0. The summed E-state index contributed by atoms with van der Waals surface area (Å²) in [5.41, 5.74) is 6.25. The molecule has 5 heteroatoms. The summed E-state index contributed by atoms with van der Waals surface area (Å²) in [7, 11) is 0. The van der Waals surface area contributed by atoms with Gasteiger partial charge in [-0.25, -0.2) is 4.98 Å². The molecule has 0 radical (unpaired) electrons. The Morgan fingerprint density at radius 1 is 1.43 bits per heavy atom. The molecule has 0 fully saturated rings. The number of aromatic nitrogens is 1. The van der Waals surface area contributed by atoms with Crippen LogP contribution in [0.3, 0.4) is 0 Å². The van der Waals surface area contributed by atoms with E-state index < -0.39 is 0 Å². The number of oxazole rings is 1. The number of rotatable bonds is 1.